The number of hydrogen-bond donors (Lipinski definition) is 1. The van der Waals surface area contributed by atoms with Crippen LogP contribution in [-0.4, -0.2) is 33.2 Å². The maximum absolute atomic E-state index is 12.9. The number of carbonyl (C=O) groups excluding carboxylic acids is 3. The third-order valence-electron chi connectivity index (χ3n) is 7.24. The van der Waals surface area contributed by atoms with Crippen molar-refractivity contribution in [2.45, 2.75) is 39.5 Å². The van der Waals surface area contributed by atoms with Gasteiger partial charge in [0.25, 0.3) is 11.8 Å². The second kappa shape index (κ2) is 14.0. The molecule has 0 spiro atoms. The lowest BCUT2D eigenvalue weighted by Crippen LogP contribution is -2.41. The second-order valence-electron chi connectivity index (χ2n) is 10.3. The molecule has 5 rings (SSSR count). The number of halogens is 1. The van der Waals surface area contributed by atoms with Gasteiger partial charge in [-0.1, -0.05) is 67.8 Å². The monoisotopic (exact) mass is 599 g/mol. The maximum Gasteiger partial charge on any atom is 0.309 e. The molecule has 43 heavy (non-hydrogen) atoms. The molecule has 1 aliphatic rings. The molecular formula is C34H34ClN3O5. The topological polar surface area (TPSA) is 99.9 Å². The van der Waals surface area contributed by atoms with Crippen LogP contribution >= 0.6 is 11.6 Å². The molecule has 8 nitrogen and oxygen atoms in total. The van der Waals surface area contributed by atoms with Gasteiger partial charge in [0.2, 0.25) is 5.78 Å². The summed E-state index contributed by atoms with van der Waals surface area (Å²) in [6.07, 6.45) is 2.33. The first-order chi connectivity index (χ1) is 20.6. The highest BCUT2D eigenvalue weighted by Gasteiger charge is 2.46. The van der Waals surface area contributed by atoms with Gasteiger partial charge in [0.1, 0.15) is 5.92 Å². The van der Waals surface area contributed by atoms with Crippen LogP contribution in [0.2, 0.25) is 5.02 Å². The molecule has 9 heteroatoms. The summed E-state index contributed by atoms with van der Waals surface area (Å²) in [5, 5.41) is 12.5. The number of para-hydroxylation sites is 2. The highest BCUT2D eigenvalue weighted by molar-refractivity contribution is 6.30. The largest absolute Gasteiger partial charge is 0.481 e. The van der Waals surface area contributed by atoms with Gasteiger partial charge in [-0.3, -0.25) is 19.2 Å². The van der Waals surface area contributed by atoms with E-state index in [0.29, 0.717) is 39.8 Å². The first-order valence-corrected chi connectivity index (χ1v) is 14.5. The van der Waals surface area contributed by atoms with Gasteiger partial charge in [-0.2, -0.15) is 0 Å². The highest BCUT2D eigenvalue weighted by atomic mass is 35.5. The summed E-state index contributed by atoms with van der Waals surface area (Å²) in [6, 6.07) is 27.0. The fourth-order valence-electron chi connectivity index (χ4n) is 5.09. The van der Waals surface area contributed by atoms with Crippen molar-refractivity contribution in [3.63, 3.8) is 0 Å². The van der Waals surface area contributed by atoms with Crippen LogP contribution in [0.1, 0.15) is 53.5 Å². The van der Waals surface area contributed by atoms with Crippen LogP contribution in [0.5, 0.6) is 0 Å². The third-order valence-corrected chi connectivity index (χ3v) is 7.49. The molecule has 2 heterocycles. The van der Waals surface area contributed by atoms with E-state index in [1.165, 1.54) is 10.0 Å². The minimum atomic E-state index is -0.920. The number of hydrogen-bond acceptors (Lipinski definition) is 4. The Morgan fingerprint density at radius 3 is 1.81 bits per heavy atom. The number of carboxylic acid groups (broad SMARTS) is 1. The quantitative estimate of drug-likeness (QED) is 0.172. The van der Waals surface area contributed by atoms with Crippen molar-refractivity contribution >= 4 is 46.5 Å². The standard InChI is InChI=1S/C19H20N2O2.C15H14ClNO3/c1-2-3-14-17-18(22)20(15-10-6-4-7-11-15)21(19(17)23)16-12-8-5-9-13-16;1-9-7-12(8-13(18)19)17(2)14(9)15(20)10-3-5-11(16)6-4-10/h4-13,17H,2-3,14H2,1H3;3-7H,8H2,1-2H3,(H,18,19). The Balaban J connectivity index is 0.000000199. The molecule has 4 aromatic rings. The Morgan fingerprint density at radius 1 is 0.837 bits per heavy atom. The minimum Gasteiger partial charge on any atom is -0.481 e. The SMILES string of the molecule is CCCCC1C(=O)N(c2ccccc2)N(c2ccccc2)C1=O.Cc1cc(CC(=O)O)n(C)c1C(=O)c1ccc(Cl)cc1. The summed E-state index contributed by atoms with van der Waals surface area (Å²) in [6.45, 7) is 3.86. The first kappa shape index (κ1) is 31.3. The van der Waals surface area contributed by atoms with Crippen molar-refractivity contribution in [1.29, 1.82) is 0 Å². The summed E-state index contributed by atoms with van der Waals surface area (Å²) in [7, 11) is 1.70. The van der Waals surface area contributed by atoms with Crippen LogP contribution in [0.15, 0.2) is 91.0 Å². The van der Waals surface area contributed by atoms with Crippen molar-refractivity contribution in [1.82, 2.24) is 4.57 Å². The number of carboxylic acids is 1. The number of benzene rings is 3. The van der Waals surface area contributed by atoms with Crippen LogP contribution in [0.4, 0.5) is 11.4 Å². The average molecular weight is 600 g/mol. The molecule has 1 N–H and O–H groups in total. The smallest absolute Gasteiger partial charge is 0.309 e. The van der Waals surface area contributed by atoms with Gasteiger partial charge >= 0.3 is 5.97 Å². The molecule has 0 radical (unpaired) electrons. The van der Waals surface area contributed by atoms with Gasteiger partial charge in [0.15, 0.2) is 0 Å². The van der Waals surface area contributed by atoms with Crippen molar-refractivity contribution in [2.75, 3.05) is 10.0 Å². The van der Waals surface area contributed by atoms with E-state index >= 15 is 0 Å². The van der Waals surface area contributed by atoms with Gasteiger partial charge < -0.3 is 9.67 Å². The van der Waals surface area contributed by atoms with Gasteiger partial charge in [0, 0.05) is 23.3 Å². The molecule has 222 valence electrons. The fraction of sp³-hybridized carbons (Fsp3) is 0.235. The Morgan fingerprint density at radius 2 is 1.35 bits per heavy atom. The van der Waals surface area contributed by atoms with Crippen molar-refractivity contribution in [3.05, 3.63) is 119 Å². The number of ketones is 1. The van der Waals surface area contributed by atoms with E-state index in [1.54, 1.807) is 48.9 Å². The third kappa shape index (κ3) is 7.04. The number of amides is 2. The molecule has 1 saturated heterocycles. The Kier molecular flexibility index (Phi) is 10.2. The van der Waals surface area contributed by atoms with E-state index in [1.807, 2.05) is 60.7 Å². The molecule has 2 amide bonds. The van der Waals surface area contributed by atoms with Crippen molar-refractivity contribution in [2.24, 2.45) is 13.0 Å². The number of anilines is 2. The van der Waals surface area contributed by atoms with Crippen molar-refractivity contribution in [3.8, 4) is 0 Å². The molecule has 1 fully saturated rings. The number of rotatable bonds is 9. The van der Waals surface area contributed by atoms with Crippen LogP contribution in [0.3, 0.4) is 0 Å². The van der Waals surface area contributed by atoms with E-state index in [0.717, 1.165) is 18.4 Å². The molecule has 1 aromatic heterocycles. The molecule has 0 atom stereocenters. The molecule has 1 aliphatic heterocycles. The second-order valence-corrected chi connectivity index (χ2v) is 10.7. The molecule has 0 saturated carbocycles. The lowest BCUT2D eigenvalue weighted by Gasteiger charge is -2.27. The van der Waals surface area contributed by atoms with Crippen LogP contribution in [-0.2, 0) is 27.9 Å². The normalized spacial score (nSPS) is 13.2. The van der Waals surface area contributed by atoms with E-state index < -0.39 is 11.9 Å². The zero-order chi connectivity index (χ0) is 31.1. The van der Waals surface area contributed by atoms with Crippen molar-refractivity contribution < 1.29 is 24.3 Å². The van der Waals surface area contributed by atoms with Crippen LogP contribution < -0.4 is 10.0 Å². The van der Waals surface area contributed by atoms with E-state index in [4.69, 9.17) is 16.7 Å². The number of aliphatic carboxylic acids is 1. The number of nitrogens with zero attached hydrogens (tertiary/aromatic N) is 3. The predicted molar refractivity (Wildman–Crippen MR) is 167 cm³/mol. The number of unbranched alkanes of at least 4 members (excludes halogenated alkanes) is 1. The number of aryl methyl sites for hydroxylation is 1. The summed E-state index contributed by atoms with van der Waals surface area (Å²) in [4.78, 5) is 49.0. The summed E-state index contributed by atoms with van der Waals surface area (Å²) >= 11 is 5.80. The molecular weight excluding hydrogens is 566 g/mol. The minimum absolute atomic E-state index is 0.106. The average Bonchev–Trinajstić information content (AvgIpc) is 3.42. The van der Waals surface area contributed by atoms with Gasteiger partial charge in [-0.05, 0) is 73.5 Å². The molecule has 0 unspecified atom stereocenters. The lowest BCUT2D eigenvalue weighted by atomic mass is 10.0. The Hall–Kier alpha value is -4.69. The maximum atomic E-state index is 12.9. The number of hydrazine groups is 1. The number of aromatic nitrogens is 1. The number of carbonyl (C=O) groups is 4. The van der Waals surface area contributed by atoms with Gasteiger partial charge in [0.05, 0.1) is 23.5 Å². The fourth-order valence-corrected chi connectivity index (χ4v) is 5.22. The highest BCUT2D eigenvalue weighted by Crippen LogP contribution is 2.33. The van der Waals surface area contributed by atoms with Gasteiger partial charge in [-0.15, -0.1) is 0 Å². The Bertz CT molecular complexity index is 1540. The first-order valence-electron chi connectivity index (χ1n) is 14.1. The summed E-state index contributed by atoms with van der Waals surface area (Å²) in [5.74, 6) is -1.93. The Labute approximate surface area is 256 Å². The van der Waals surface area contributed by atoms with Crippen LogP contribution in [0, 0.1) is 12.8 Å². The van der Waals surface area contributed by atoms with E-state index in [9.17, 15) is 19.2 Å². The summed E-state index contributed by atoms with van der Waals surface area (Å²) < 4.78 is 1.64. The molecule has 3 aromatic carbocycles. The zero-order valence-corrected chi connectivity index (χ0v) is 25.1. The van der Waals surface area contributed by atoms with Crippen LogP contribution in [0.25, 0.3) is 0 Å². The molecule has 0 bridgehead atoms. The van der Waals surface area contributed by atoms with E-state index in [-0.39, 0.29) is 24.0 Å². The van der Waals surface area contributed by atoms with Gasteiger partial charge in [-0.25, -0.2) is 10.0 Å². The lowest BCUT2D eigenvalue weighted by molar-refractivity contribution is -0.136. The molecule has 0 aliphatic carbocycles. The zero-order valence-electron chi connectivity index (χ0n) is 24.4. The van der Waals surface area contributed by atoms with E-state index in [2.05, 4.69) is 6.92 Å². The predicted octanol–water partition coefficient (Wildman–Crippen LogP) is 6.63. The summed E-state index contributed by atoms with van der Waals surface area (Å²) in [5.41, 5.74) is 3.84.